The van der Waals surface area contributed by atoms with Crippen molar-refractivity contribution in [3.63, 3.8) is 0 Å². The van der Waals surface area contributed by atoms with Gasteiger partial charge < -0.3 is 20.1 Å². The topological polar surface area (TPSA) is 69.9 Å². The first kappa shape index (κ1) is 18.3. The van der Waals surface area contributed by atoms with Gasteiger partial charge in [0, 0.05) is 4.32 Å². The number of rotatable bonds is 9. The van der Waals surface area contributed by atoms with Crippen molar-refractivity contribution >= 4 is 15.9 Å². The largest absolute Gasteiger partial charge is 0.394 e. The average molecular weight is 327 g/mol. The predicted molar refractivity (Wildman–Crippen MR) is 75.9 cm³/mol. The second-order valence-electron chi connectivity index (χ2n) is 5.82. The maximum absolute atomic E-state index is 10.1. The lowest BCUT2D eigenvalue weighted by Gasteiger charge is -2.36. The zero-order chi connectivity index (χ0) is 14.4. The standard InChI is InChI=1S/C13H27BrO4/c1-5-13(4,14)9-12(2,3)11(17)8-18-7-10(16)6-15/h10-11,15-17H,5-9H2,1-4H3. The maximum atomic E-state index is 10.1. The van der Waals surface area contributed by atoms with E-state index in [1.165, 1.54) is 0 Å². The molecule has 3 unspecified atom stereocenters. The number of aliphatic hydroxyl groups excluding tert-OH is 3. The van der Waals surface area contributed by atoms with Crippen molar-refractivity contribution in [2.24, 2.45) is 5.41 Å². The van der Waals surface area contributed by atoms with E-state index in [4.69, 9.17) is 14.9 Å². The van der Waals surface area contributed by atoms with Gasteiger partial charge in [0.25, 0.3) is 0 Å². The minimum atomic E-state index is -0.877. The molecule has 0 spiro atoms. The van der Waals surface area contributed by atoms with Gasteiger partial charge in [-0.1, -0.05) is 36.7 Å². The van der Waals surface area contributed by atoms with E-state index in [9.17, 15) is 5.11 Å². The molecule has 0 heterocycles. The lowest BCUT2D eigenvalue weighted by Crippen LogP contribution is -2.39. The molecule has 0 rings (SSSR count). The quantitative estimate of drug-likeness (QED) is 0.564. The van der Waals surface area contributed by atoms with Crippen LogP contribution in [0.2, 0.25) is 0 Å². The van der Waals surface area contributed by atoms with E-state index in [0.29, 0.717) is 0 Å². The van der Waals surface area contributed by atoms with Crippen molar-refractivity contribution in [2.75, 3.05) is 19.8 Å². The third kappa shape index (κ3) is 7.04. The van der Waals surface area contributed by atoms with Crippen molar-refractivity contribution in [1.82, 2.24) is 0 Å². The molecule has 0 aliphatic rings. The molecular formula is C13H27BrO4. The maximum Gasteiger partial charge on any atom is 0.100 e. The van der Waals surface area contributed by atoms with Gasteiger partial charge in [0.15, 0.2) is 0 Å². The van der Waals surface area contributed by atoms with E-state index < -0.39 is 12.2 Å². The number of hydrogen-bond acceptors (Lipinski definition) is 4. The van der Waals surface area contributed by atoms with E-state index in [1.807, 2.05) is 13.8 Å². The fourth-order valence-electron chi connectivity index (χ4n) is 1.79. The Morgan fingerprint density at radius 1 is 1.17 bits per heavy atom. The summed E-state index contributed by atoms with van der Waals surface area (Å²) in [5.74, 6) is 0. The molecule has 4 nitrogen and oxygen atoms in total. The molecule has 0 fully saturated rings. The van der Waals surface area contributed by atoms with E-state index in [2.05, 4.69) is 29.8 Å². The SMILES string of the molecule is CCC(C)(Br)CC(C)(C)C(O)COCC(O)CO. The normalized spacial score (nSPS) is 19.3. The Hall–Kier alpha value is 0.320. The second kappa shape index (κ2) is 7.80. The Bertz CT molecular complexity index is 231. The van der Waals surface area contributed by atoms with Crippen LogP contribution in [0, 0.1) is 5.41 Å². The van der Waals surface area contributed by atoms with Gasteiger partial charge in [-0.25, -0.2) is 0 Å². The molecule has 0 bridgehead atoms. The van der Waals surface area contributed by atoms with E-state index >= 15 is 0 Å². The van der Waals surface area contributed by atoms with Crippen molar-refractivity contribution in [1.29, 1.82) is 0 Å². The number of aliphatic hydroxyl groups is 3. The predicted octanol–water partition coefficient (Wildman–Crippen LogP) is 1.70. The van der Waals surface area contributed by atoms with Crippen LogP contribution in [0.4, 0.5) is 0 Å². The highest BCUT2D eigenvalue weighted by molar-refractivity contribution is 9.10. The summed E-state index contributed by atoms with van der Waals surface area (Å²) in [6, 6.07) is 0. The van der Waals surface area contributed by atoms with Crippen molar-refractivity contribution in [2.45, 2.75) is 57.1 Å². The molecule has 0 aliphatic heterocycles. The number of ether oxygens (including phenoxy) is 1. The highest BCUT2D eigenvalue weighted by atomic mass is 79.9. The van der Waals surface area contributed by atoms with Crippen LogP contribution in [-0.2, 0) is 4.74 Å². The molecular weight excluding hydrogens is 300 g/mol. The van der Waals surface area contributed by atoms with Gasteiger partial charge in [-0.05, 0) is 25.2 Å². The molecule has 0 aromatic carbocycles. The second-order valence-corrected chi connectivity index (χ2v) is 7.74. The molecule has 18 heavy (non-hydrogen) atoms. The molecule has 0 aromatic heterocycles. The molecule has 0 saturated carbocycles. The van der Waals surface area contributed by atoms with Crippen LogP contribution in [-0.4, -0.2) is 51.7 Å². The van der Waals surface area contributed by atoms with Crippen LogP contribution < -0.4 is 0 Å². The summed E-state index contributed by atoms with van der Waals surface area (Å²) >= 11 is 3.66. The first-order valence-corrected chi connectivity index (χ1v) is 7.17. The van der Waals surface area contributed by atoms with Gasteiger partial charge in [0.05, 0.1) is 25.9 Å². The molecule has 0 saturated heterocycles. The van der Waals surface area contributed by atoms with Crippen molar-refractivity contribution in [3.05, 3.63) is 0 Å². The summed E-state index contributed by atoms with van der Waals surface area (Å²) in [7, 11) is 0. The van der Waals surface area contributed by atoms with E-state index in [-0.39, 0.29) is 29.6 Å². The first-order chi connectivity index (χ1) is 8.14. The van der Waals surface area contributed by atoms with E-state index in [0.717, 1.165) is 12.8 Å². The smallest absolute Gasteiger partial charge is 0.100 e. The van der Waals surface area contributed by atoms with Crippen molar-refractivity contribution in [3.8, 4) is 0 Å². The van der Waals surface area contributed by atoms with Crippen LogP contribution in [0.5, 0.6) is 0 Å². The van der Waals surface area contributed by atoms with Gasteiger partial charge in [-0.3, -0.25) is 0 Å². The van der Waals surface area contributed by atoms with Gasteiger partial charge in [-0.15, -0.1) is 0 Å². The lowest BCUT2D eigenvalue weighted by molar-refractivity contribution is -0.0606. The summed E-state index contributed by atoms with van der Waals surface area (Å²) in [4.78, 5) is 0. The Kier molecular flexibility index (Phi) is 7.94. The Labute approximate surface area is 118 Å². The lowest BCUT2D eigenvalue weighted by atomic mass is 9.78. The fraction of sp³-hybridized carbons (Fsp3) is 1.00. The molecule has 0 radical (unpaired) electrons. The third-order valence-electron chi connectivity index (χ3n) is 3.26. The number of alkyl halides is 1. The molecule has 3 N–H and O–H groups in total. The highest BCUT2D eigenvalue weighted by Crippen LogP contribution is 2.38. The molecule has 5 heteroatoms. The van der Waals surface area contributed by atoms with Crippen LogP contribution in [0.3, 0.4) is 0 Å². The van der Waals surface area contributed by atoms with Crippen LogP contribution in [0.15, 0.2) is 0 Å². The Morgan fingerprint density at radius 2 is 1.72 bits per heavy atom. The summed E-state index contributed by atoms with van der Waals surface area (Å²) in [6.07, 6.45) is 0.320. The average Bonchev–Trinajstić information content (AvgIpc) is 2.27. The number of hydrogen-bond donors (Lipinski definition) is 3. The van der Waals surface area contributed by atoms with Crippen LogP contribution >= 0.6 is 15.9 Å². The third-order valence-corrected chi connectivity index (χ3v) is 4.10. The zero-order valence-corrected chi connectivity index (χ0v) is 13.4. The zero-order valence-electron chi connectivity index (χ0n) is 11.8. The molecule has 0 aromatic rings. The van der Waals surface area contributed by atoms with E-state index in [1.54, 1.807) is 0 Å². The minimum Gasteiger partial charge on any atom is -0.394 e. The first-order valence-electron chi connectivity index (χ1n) is 6.38. The van der Waals surface area contributed by atoms with Gasteiger partial charge in [-0.2, -0.15) is 0 Å². The molecule has 0 amide bonds. The molecule has 3 atom stereocenters. The van der Waals surface area contributed by atoms with Gasteiger partial charge >= 0.3 is 0 Å². The molecule has 110 valence electrons. The van der Waals surface area contributed by atoms with Crippen LogP contribution in [0.1, 0.15) is 40.5 Å². The van der Waals surface area contributed by atoms with Crippen LogP contribution in [0.25, 0.3) is 0 Å². The molecule has 0 aliphatic carbocycles. The van der Waals surface area contributed by atoms with Gasteiger partial charge in [0.1, 0.15) is 6.10 Å². The Balaban J connectivity index is 4.18. The summed E-state index contributed by atoms with van der Waals surface area (Å²) in [5, 5.41) is 27.9. The highest BCUT2D eigenvalue weighted by Gasteiger charge is 2.34. The monoisotopic (exact) mass is 326 g/mol. The minimum absolute atomic E-state index is 0.00208. The Morgan fingerprint density at radius 3 is 2.17 bits per heavy atom. The summed E-state index contributed by atoms with van der Waals surface area (Å²) in [5.41, 5.74) is -0.279. The number of halogens is 1. The fourth-order valence-corrected chi connectivity index (χ4v) is 2.51. The van der Waals surface area contributed by atoms with Crippen molar-refractivity contribution < 1.29 is 20.1 Å². The summed E-state index contributed by atoms with van der Waals surface area (Å²) < 4.78 is 5.21. The summed E-state index contributed by atoms with van der Waals surface area (Å²) in [6.45, 7) is 8.09. The van der Waals surface area contributed by atoms with Gasteiger partial charge in [0.2, 0.25) is 0 Å².